The lowest BCUT2D eigenvalue weighted by molar-refractivity contribution is -0.154. The number of rotatable bonds is 5. The molecule has 0 saturated carbocycles. The van der Waals surface area contributed by atoms with Crippen molar-refractivity contribution < 1.29 is 14.3 Å². The molecule has 5 heteroatoms. The minimum absolute atomic E-state index is 0.0211. The van der Waals surface area contributed by atoms with E-state index in [4.69, 9.17) is 4.74 Å². The van der Waals surface area contributed by atoms with E-state index in [1.807, 2.05) is 42.6 Å². The molecule has 1 aromatic heterocycles. The topological polar surface area (TPSA) is 71.2 Å². The van der Waals surface area contributed by atoms with Gasteiger partial charge in [-0.05, 0) is 48.9 Å². The van der Waals surface area contributed by atoms with Gasteiger partial charge in [-0.1, -0.05) is 42.5 Å². The van der Waals surface area contributed by atoms with E-state index in [9.17, 15) is 9.59 Å². The summed E-state index contributed by atoms with van der Waals surface area (Å²) in [5.74, 6) is -0.662. The number of carbonyl (C=O) groups excluding carboxylic acids is 2. The molecule has 3 aromatic rings. The summed E-state index contributed by atoms with van der Waals surface area (Å²) in [4.78, 5) is 28.1. The van der Waals surface area contributed by atoms with Crippen molar-refractivity contribution in [1.82, 2.24) is 10.3 Å². The Morgan fingerprint density at radius 2 is 1.96 bits per heavy atom. The molecule has 0 bridgehead atoms. The van der Waals surface area contributed by atoms with Crippen LogP contribution in [0.5, 0.6) is 0 Å². The molecule has 1 aliphatic rings. The third kappa shape index (κ3) is 3.79. The van der Waals surface area contributed by atoms with Crippen LogP contribution in [-0.2, 0) is 27.2 Å². The van der Waals surface area contributed by atoms with Crippen LogP contribution in [0, 0.1) is 0 Å². The summed E-state index contributed by atoms with van der Waals surface area (Å²) in [5, 5.41) is 4.04. The van der Waals surface area contributed by atoms with Crippen LogP contribution < -0.4 is 5.32 Å². The van der Waals surface area contributed by atoms with E-state index >= 15 is 0 Å². The molecule has 2 atom stereocenters. The predicted octanol–water partition coefficient (Wildman–Crippen LogP) is 3.84. The summed E-state index contributed by atoms with van der Waals surface area (Å²) in [7, 11) is 0. The number of aromatic amines is 1. The van der Waals surface area contributed by atoms with Gasteiger partial charge in [0.05, 0.1) is 12.5 Å². The number of aryl methyl sites for hydroxylation is 1. The van der Waals surface area contributed by atoms with Crippen LogP contribution >= 0.6 is 0 Å². The first-order valence-electron chi connectivity index (χ1n) is 9.74. The Bertz CT molecular complexity index is 1010. The Morgan fingerprint density at radius 3 is 2.86 bits per heavy atom. The monoisotopic (exact) mass is 376 g/mol. The number of ether oxygens (including phenoxy) is 1. The molecule has 0 saturated heterocycles. The van der Waals surface area contributed by atoms with Gasteiger partial charge in [0.1, 0.15) is 0 Å². The molecule has 0 radical (unpaired) electrons. The van der Waals surface area contributed by atoms with Crippen molar-refractivity contribution in [1.29, 1.82) is 0 Å². The van der Waals surface area contributed by atoms with E-state index < -0.39 is 12.1 Å². The highest BCUT2D eigenvalue weighted by Crippen LogP contribution is 2.29. The summed E-state index contributed by atoms with van der Waals surface area (Å²) in [6, 6.07) is 16.0. The summed E-state index contributed by atoms with van der Waals surface area (Å²) in [6.07, 6.45) is 4.10. The van der Waals surface area contributed by atoms with Crippen LogP contribution in [0.2, 0.25) is 0 Å². The molecule has 28 heavy (non-hydrogen) atoms. The molecule has 0 fully saturated rings. The van der Waals surface area contributed by atoms with Gasteiger partial charge < -0.3 is 15.0 Å². The number of carbonyl (C=O) groups is 2. The van der Waals surface area contributed by atoms with Crippen molar-refractivity contribution in [3.63, 3.8) is 0 Å². The third-order valence-corrected chi connectivity index (χ3v) is 5.37. The van der Waals surface area contributed by atoms with Gasteiger partial charge in [0.25, 0.3) is 5.91 Å². The highest BCUT2D eigenvalue weighted by atomic mass is 16.5. The highest BCUT2D eigenvalue weighted by Gasteiger charge is 2.25. The maximum atomic E-state index is 12.6. The second kappa shape index (κ2) is 7.89. The lowest BCUT2D eigenvalue weighted by Crippen LogP contribution is -2.39. The molecule has 1 aliphatic carbocycles. The van der Waals surface area contributed by atoms with Crippen LogP contribution in [0.4, 0.5) is 0 Å². The van der Waals surface area contributed by atoms with Gasteiger partial charge in [0.15, 0.2) is 6.10 Å². The predicted molar refractivity (Wildman–Crippen MR) is 108 cm³/mol. The van der Waals surface area contributed by atoms with Crippen LogP contribution in [0.15, 0.2) is 54.7 Å². The molecular formula is C23H24N2O3. The minimum atomic E-state index is -0.827. The molecule has 2 N–H and O–H groups in total. The summed E-state index contributed by atoms with van der Waals surface area (Å²) in [6.45, 7) is 1.62. The summed E-state index contributed by atoms with van der Waals surface area (Å²) in [5.41, 5.74) is 4.30. The quantitative estimate of drug-likeness (QED) is 0.665. The lowest BCUT2D eigenvalue weighted by Gasteiger charge is -2.27. The molecular weight excluding hydrogens is 352 g/mol. The number of esters is 1. The van der Waals surface area contributed by atoms with Crippen molar-refractivity contribution in [3.05, 3.63) is 71.4 Å². The summed E-state index contributed by atoms with van der Waals surface area (Å²) >= 11 is 0. The maximum absolute atomic E-state index is 12.6. The Labute approximate surface area is 164 Å². The number of para-hydroxylation sites is 1. The zero-order valence-corrected chi connectivity index (χ0v) is 15.9. The first-order chi connectivity index (χ1) is 13.6. The number of hydrogen-bond donors (Lipinski definition) is 2. The maximum Gasteiger partial charge on any atom is 0.311 e. The Hall–Kier alpha value is -3.08. The molecule has 5 nitrogen and oxygen atoms in total. The molecule has 1 amide bonds. The number of benzene rings is 2. The van der Waals surface area contributed by atoms with Crippen LogP contribution in [0.1, 0.15) is 42.5 Å². The highest BCUT2D eigenvalue weighted by molar-refractivity contribution is 5.88. The fraction of sp³-hybridized carbons (Fsp3) is 0.304. The van der Waals surface area contributed by atoms with Gasteiger partial charge in [-0.2, -0.15) is 0 Å². The van der Waals surface area contributed by atoms with Crippen molar-refractivity contribution >= 4 is 22.8 Å². The molecule has 0 unspecified atom stereocenters. The van der Waals surface area contributed by atoms with Gasteiger partial charge in [-0.3, -0.25) is 9.59 Å². The molecule has 1 heterocycles. The third-order valence-electron chi connectivity index (χ3n) is 5.37. The van der Waals surface area contributed by atoms with Crippen molar-refractivity contribution in [2.45, 2.75) is 44.8 Å². The Kier molecular flexibility index (Phi) is 5.15. The second-order valence-electron chi connectivity index (χ2n) is 7.32. The van der Waals surface area contributed by atoms with E-state index in [-0.39, 0.29) is 18.4 Å². The van der Waals surface area contributed by atoms with Crippen molar-refractivity contribution in [2.24, 2.45) is 0 Å². The molecule has 4 rings (SSSR count). The second-order valence-corrected chi connectivity index (χ2v) is 7.32. The van der Waals surface area contributed by atoms with E-state index in [0.29, 0.717) is 0 Å². The number of aromatic nitrogens is 1. The van der Waals surface area contributed by atoms with Crippen LogP contribution in [0.25, 0.3) is 10.9 Å². The SMILES string of the molecule is C[C@@H](OC(=O)Cc1c[nH]c2ccccc12)C(=O)N[C@H]1CCCc2ccccc21. The first-order valence-corrected chi connectivity index (χ1v) is 9.74. The van der Waals surface area contributed by atoms with Crippen LogP contribution in [-0.4, -0.2) is 23.0 Å². The Balaban J connectivity index is 1.36. The van der Waals surface area contributed by atoms with E-state index in [0.717, 1.165) is 35.7 Å². The number of amides is 1. The van der Waals surface area contributed by atoms with Crippen molar-refractivity contribution in [2.75, 3.05) is 0 Å². The molecule has 144 valence electrons. The fourth-order valence-corrected chi connectivity index (χ4v) is 3.92. The van der Waals surface area contributed by atoms with Gasteiger partial charge in [0, 0.05) is 17.1 Å². The normalized spacial score (nSPS) is 17.0. The smallest absolute Gasteiger partial charge is 0.311 e. The Morgan fingerprint density at radius 1 is 1.18 bits per heavy atom. The minimum Gasteiger partial charge on any atom is -0.452 e. The van der Waals surface area contributed by atoms with Gasteiger partial charge in [-0.25, -0.2) is 0 Å². The number of hydrogen-bond acceptors (Lipinski definition) is 3. The number of fused-ring (bicyclic) bond motifs is 2. The van der Waals surface area contributed by atoms with Gasteiger partial charge in [-0.15, -0.1) is 0 Å². The molecule has 0 spiro atoms. The fourth-order valence-electron chi connectivity index (χ4n) is 3.92. The average Bonchev–Trinajstić information content (AvgIpc) is 3.11. The molecule has 0 aliphatic heterocycles. The number of nitrogens with one attached hydrogen (secondary N) is 2. The largest absolute Gasteiger partial charge is 0.452 e. The number of H-pyrrole nitrogens is 1. The first kappa shape index (κ1) is 18.3. The average molecular weight is 376 g/mol. The van der Waals surface area contributed by atoms with Gasteiger partial charge in [0.2, 0.25) is 0 Å². The standard InChI is InChI=1S/C23H24N2O3/c1-15(23(27)25-21-12-6-8-16-7-2-3-9-18(16)21)28-22(26)13-17-14-24-20-11-5-4-10-19(17)20/h2-5,7,9-11,14-15,21,24H,6,8,12-13H2,1H3,(H,25,27)/t15-,21+/m1/s1. The lowest BCUT2D eigenvalue weighted by atomic mass is 9.87. The summed E-state index contributed by atoms with van der Waals surface area (Å²) < 4.78 is 5.40. The van der Waals surface area contributed by atoms with Crippen LogP contribution in [0.3, 0.4) is 0 Å². The van der Waals surface area contributed by atoms with Gasteiger partial charge >= 0.3 is 5.97 Å². The van der Waals surface area contributed by atoms with E-state index in [1.165, 1.54) is 11.1 Å². The van der Waals surface area contributed by atoms with Crippen molar-refractivity contribution in [3.8, 4) is 0 Å². The zero-order chi connectivity index (χ0) is 19.5. The molecule has 2 aromatic carbocycles. The van der Waals surface area contributed by atoms with E-state index in [2.05, 4.69) is 22.4 Å². The zero-order valence-electron chi connectivity index (χ0n) is 15.9. The van der Waals surface area contributed by atoms with E-state index in [1.54, 1.807) is 6.92 Å².